The molecule has 0 radical (unpaired) electrons. The number of rotatable bonds is 3. The molecule has 1 aromatic heterocycles. The third kappa shape index (κ3) is 1.54. The molecular formula is C11H14N2O. The van der Waals surface area contributed by atoms with E-state index in [9.17, 15) is 0 Å². The second-order valence-electron chi connectivity index (χ2n) is 4.01. The Hall–Kier alpha value is -1.25. The van der Waals surface area contributed by atoms with Crippen molar-refractivity contribution in [2.45, 2.75) is 25.4 Å². The zero-order valence-electron chi connectivity index (χ0n) is 8.15. The summed E-state index contributed by atoms with van der Waals surface area (Å²) in [7, 11) is 0. The lowest BCUT2D eigenvalue weighted by Gasteiger charge is -2.31. The highest BCUT2D eigenvalue weighted by atomic mass is 16.5. The van der Waals surface area contributed by atoms with Crippen LogP contribution in [0, 0.1) is 0 Å². The Labute approximate surface area is 83.7 Å². The first kappa shape index (κ1) is 8.09. The minimum atomic E-state index is 0.464. The van der Waals surface area contributed by atoms with Crippen LogP contribution >= 0.6 is 0 Å². The summed E-state index contributed by atoms with van der Waals surface area (Å²) in [5.74, 6) is 2.00. The average molecular weight is 190 g/mol. The van der Waals surface area contributed by atoms with E-state index in [0.717, 1.165) is 24.7 Å². The zero-order chi connectivity index (χ0) is 9.38. The molecule has 3 rings (SSSR count). The lowest BCUT2D eigenvalue weighted by Crippen LogP contribution is -2.37. The largest absolute Gasteiger partial charge is 0.489 e. The van der Waals surface area contributed by atoms with Crippen molar-refractivity contribution in [3.63, 3.8) is 0 Å². The molecular weight excluding hydrogens is 176 g/mol. The number of hydrogen-bond acceptors (Lipinski definition) is 3. The molecule has 0 unspecified atom stereocenters. The van der Waals surface area contributed by atoms with Crippen molar-refractivity contribution in [1.82, 2.24) is 4.98 Å². The van der Waals surface area contributed by atoms with Gasteiger partial charge in [0, 0.05) is 13.1 Å². The van der Waals surface area contributed by atoms with Gasteiger partial charge in [-0.25, -0.2) is 4.98 Å². The van der Waals surface area contributed by atoms with Crippen LogP contribution in [0.2, 0.25) is 0 Å². The van der Waals surface area contributed by atoms with Crippen molar-refractivity contribution >= 4 is 5.82 Å². The first-order chi connectivity index (χ1) is 6.92. The van der Waals surface area contributed by atoms with Crippen LogP contribution < -0.4 is 9.64 Å². The van der Waals surface area contributed by atoms with Crippen molar-refractivity contribution < 1.29 is 4.74 Å². The highest BCUT2D eigenvalue weighted by Gasteiger charge is 2.23. The first-order valence-electron chi connectivity index (χ1n) is 5.29. The maximum Gasteiger partial charge on any atom is 0.138 e. The predicted molar refractivity (Wildman–Crippen MR) is 54.7 cm³/mol. The van der Waals surface area contributed by atoms with E-state index < -0.39 is 0 Å². The smallest absolute Gasteiger partial charge is 0.138 e. The number of nitrogens with zero attached hydrogens (tertiary/aromatic N) is 2. The van der Waals surface area contributed by atoms with Crippen molar-refractivity contribution in [1.29, 1.82) is 0 Å². The molecule has 2 fully saturated rings. The second kappa shape index (κ2) is 3.15. The summed E-state index contributed by atoms with van der Waals surface area (Å²) in [6.45, 7) is 2.30. The second-order valence-corrected chi connectivity index (χ2v) is 4.01. The lowest BCUT2D eigenvalue weighted by atomic mass is 10.2. The normalized spacial score (nSPS) is 20.4. The van der Waals surface area contributed by atoms with E-state index in [1.165, 1.54) is 19.3 Å². The number of aromatic nitrogens is 1. The van der Waals surface area contributed by atoms with E-state index in [1.54, 1.807) is 0 Å². The summed E-state index contributed by atoms with van der Waals surface area (Å²) >= 11 is 0. The number of hydrogen-bond donors (Lipinski definition) is 0. The number of anilines is 1. The summed E-state index contributed by atoms with van der Waals surface area (Å²) < 4.78 is 5.63. The van der Waals surface area contributed by atoms with Gasteiger partial charge < -0.3 is 9.64 Å². The Morgan fingerprint density at radius 3 is 2.64 bits per heavy atom. The average Bonchev–Trinajstić information content (AvgIpc) is 2.89. The highest BCUT2D eigenvalue weighted by Crippen LogP contribution is 2.27. The molecule has 1 aliphatic carbocycles. The van der Waals surface area contributed by atoms with Crippen molar-refractivity contribution in [3.05, 3.63) is 18.3 Å². The van der Waals surface area contributed by atoms with Crippen LogP contribution in [-0.4, -0.2) is 24.2 Å². The predicted octanol–water partition coefficient (Wildman–Crippen LogP) is 1.83. The van der Waals surface area contributed by atoms with Crippen LogP contribution in [0.3, 0.4) is 0 Å². The van der Waals surface area contributed by atoms with Crippen molar-refractivity contribution in [2.24, 2.45) is 0 Å². The minimum absolute atomic E-state index is 0.464. The van der Waals surface area contributed by atoms with Crippen LogP contribution in [0.5, 0.6) is 5.75 Å². The standard InChI is InChI=1S/C11H14N2O/c1-6-13(7-1)11-5-4-10(8-12-11)14-9-2-3-9/h4-5,8-9H,1-3,6-7H2. The molecule has 3 nitrogen and oxygen atoms in total. The molecule has 74 valence electrons. The molecule has 0 aromatic carbocycles. The summed E-state index contributed by atoms with van der Waals surface area (Å²) in [6.07, 6.45) is 6.00. The van der Waals surface area contributed by atoms with Gasteiger partial charge in [0.15, 0.2) is 0 Å². The van der Waals surface area contributed by atoms with Crippen LogP contribution in [0.1, 0.15) is 19.3 Å². The van der Waals surface area contributed by atoms with Crippen molar-refractivity contribution in [3.8, 4) is 5.75 Å². The van der Waals surface area contributed by atoms with E-state index in [0.29, 0.717) is 6.10 Å². The van der Waals surface area contributed by atoms with Gasteiger partial charge in [-0.1, -0.05) is 0 Å². The van der Waals surface area contributed by atoms with Gasteiger partial charge in [-0.2, -0.15) is 0 Å². The summed E-state index contributed by atoms with van der Waals surface area (Å²) in [5.41, 5.74) is 0. The van der Waals surface area contributed by atoms with Gasteiger partial charge in [0.2, 0.25) is 0 Å². The van der Waals surface area contributed by atoms with Crippen LogP contribution in [0.4, 0.5) is 5.82 Å². The number of ether oxygens (including phenoxy) is 1. The Bertz CT molecular complexity index is 315. The fourth-order valence-electron chi connectivity index (χ4n) is 1.55. The third-order valence-corrected chi connectivity index (χ3v) is 2.73. The Balaban J connectivity index is 1.69. The fraction of sp³-hybridized carbons (Fsp3) is 0.545. The number of pyridine rings is 1. The molecule has 0 atom stereocenters. The van der Waals surface area contributed by atoms with Gasteiger partial charge in [0.05, 0.1) is 12.3 Å². The van der Waals surface area contributed by atoms with Gasteiger partial charge in [0.25, 0.3) is 0 Å². The molecule has 1 saturated carbocycles. The van der Waals surface area contributed by atoms with Gasteiger partial charge in [-0.3, -0.25) is 0 Å². The third-order valence-electron chi connectivity index (χ3n) is 2.73. The maximum atomic E-state index is 5.63. The van der Waals surface area contributed by atoms with E-state index >= 15 is 0 Å². The van der Waals surface area contributed by atoms with Gasteiger partial charge in [0.1, 0.15) is 11.6 Å². The van der Waals surface area contributed by atoms with Crippen LogP contribution in [-0.2, 0) is 0 Å². The van der Waals surface area contributed by atoms with E-state index in [2.05, 4.69) is 16.0 Å². The van der Waals surface area contributed by atoms with Gasteiger partial charge in [-0.05, 0) is 31.4 Å². The molecule has 0 N–H and O–H groups in total. The summed E-state index contributed by atoms with van der Waals surface area (Å²) in [6, 6.07) is 4.08. The van der Waals surface area contributed by atoms with E-state index in [-0.39, 0.29) is 0 Å². The fourth-order valence-corrected chi connectivity index (χ4v) is 1.55. The van der Waals surface area contributed by atoms with Crippen LogP contribution in [0.15, 0.2) is 18.3 Å². The Kier molecular flexibility index (Phi) is 1.82. The van der Waals surface area contributed by atoms with Gasteiger partial charge >= 0.3 is 0 Å². The minimum Gasteiger partial charge on any atom is -0.489 e. The van der Waals surface area contributed by atoms with Crippen molar-refractivity contribution in [2.75, 3.05) is 18.0 Å². The topological polar surface area (TPSA) is 25.4 Å². The maximum absolute atomic E-state index is 5.63. The van der Waals surface area contributed by atoms with Crippen LogP contribution in [0.25, 0.3) is 0 Å². The molecule has 0 spiro atoms. The highest BCUT2D eigenvalue weighted by molar-refractivity contribution is 5.42. The molecule has 0 amide bonds. The molecule has 1 saturated heterocycles. The first-order valence-corrected chi connectivity index (χ1v) is 5.29. The molecule has 1 aromatic rings. The molecule has 3 heteroatoms. The Morgan fingerprint density at radius 1 is 1.29 bits per heavy atom. The van der Waals surface area contributed by atoms with E-state index in [4.69, 9.17) is 4.74 Å². The lowest BCUT2D eigenvalue weighted by molar-refractivity contribution is 0.302. The molecule has 1 aliphatic heterocycles. The molecule has 0 bridgehead atoms. The summed E-state index contributed by atoms with van der Waals surface area (Å²) in [5, 5.41) is 0. The summed E-state index contributed by atoms with van der Waals surface area (Å²) in [4.78, 5) is 6.66. The van der Waals surface area contributed by atoms with Gasteiger partial charge in [-0.15, -0.1) is 0 Å². The Morgan fingerprint density at radius 2 is 2.14 bits per heavy atom. The molecule has 14 heavy (non-hydrogen) atoms. The zero-order valence-corrected chi connectivity index (χ0v) is 8.15. The molecule has 2 heterocycles. The SMILES string of the molecule is c1cc(N2CCC2)ncc1OC1CC1. The molecule has 2 aliphatic rings. The quantitative estimate of drug-likeness (QED) is 0.727. The monoisotopic (exact) mass is 190 g/mol. The van der Waals surface area contributed by atoms with E-state index in [1.807, 2.05) is 12.3 Å².